The van der Waals surface area contributed by atoms with Gasteiger partial charge in [-0.2, -0.15) is 8.42 Å². The Morgan fingerprint density at radius 3 is 2.36 bits per heavy atom. The summed E-state index contributed by atoms with van der Waals surface area (Å²) in [5.74, 6) is 0.528. The van der Waals surface area contributed by atoms with Gasteiger partial charge in [-0.1, -0.05) is 13.8 Å². The van der Waals surface area contributed by atoms with Crippen molar-refractivity contribution in [2.75, 3.05) is 6.61 Å². The molecule has 0 saturated carbocycles. The Balaban J connectivity index is 3.30. The Labute approximate surface area is 67.5 Å². The van der Waals surface area contributed by atoms with Gasteiger partial charge in [0, 0.05) is 0 Å². The second-order valence-electron chi connectivity index (χ2n) is 2.79. The van der Waals surface area contributed by atoms with E-state index in [-0.39, 0.29) is 6.61 Å². The lowest BCUT2D eigenvalue weighted by molar-refractivity contribution is 0.257. The lowest BCUT2D eigenvalue weighted by Gasteiger charge is -2.02. The van der Waals surface area contributed by atoms with Crippen LogP contribution in [0.3, 0.4) is 0 Å². The van der Waals surface area contributed by atoms with E-state index in [4.69, 9.17) is 4.55 Å². The van der Waals surface area contributed by atoms with Gasteiger partial charge in [0.15, 0.2) is 0 Å². The SMILES string of the molecule is CC(C)CCCOS(=O)(=O)O. The zero-order valence-electron chi connectivity index (χ0n) is 6.78. The first-order valence-corrected chi connectivity index (χ1v) is 4.90. The van der Waals surface area contributed by atoms with E-state index >= 15 is 0 Å². The van der Waals surface area contributed by atoms with E-state index in [0.717, 1.165) is 6.42 Å². The van der Waals surface area contributed by atoms with Crippen LogP contribution in [0.5, 0.6) is 0 Å². The highest BCUT2D eigenvalue weighted by Gasteiger charge is 2.03. The van der Waals surface area contributed by atoms with E-state index in [0.29, 0.717) is 12.3 Å². The third-order valence-electron chi connectivity index (χ3n) is 1.16. The first kappa shape index (κ1) is 10.9. The first-order valence-electron chi connectivity index (χ1n) is 3.53. The van der Waals surface area contributed by atoms with Gasteiger partial charge in [0.25, 0.3) is 0 Å². The van der Waals surface area contributed by atoms with E-state index in [1.54, 1.807) is 0 Å². The first-order chi connectivity index (χ1) is 4.92. The van der Waals surface area contributed by atoms with Crippen LogP contribution in [0.2, 0.25) is 0 Å². The summed E-state index contributed by atoms with van der Waals surface area (Å²) in [6.07, 6.45) is 1.55. The normalized spacial score (nSPS) is 12.4. The molecular formula is C6H14O4S. The van der Waals surface area contributed by atoms with Crippen molar-refractivity contribution >= 4 is 10.4 Å². The largest absolute Gasteiger partial charge is 0.397 e. The van der Waals surface area contributed by atoms with Crippen molar-refractivity contribution in [2.45, 2.75) is 26.7 Å². The summed E-state index contributed by atoms with van der Waals surface area (Å²) in [7, 11) is -4.22. The number of hydrogen-bond acceptors (Lipinski definition) is 3. The molecule has 0 spiro atoms. The minimum atomic E-state index is -4.22. The molecule has 11 heavy (non-hydrogen) atoms. The molecule has 68 valence electrons. The van der Waals surface area contributed by atoms with Crippen molar-refractivity contribution in [1.29, 1.82) is 0 Å². The molecule has 0 aromatic rings. The Morgan fingerprint density at radius 1 is 1.45 bits per heavy atom. The molecule has 4 nitrogen and oxygen atoms in total. The monoisotopic (exact) mass is 182 g/mol. The maximum Gasteiger partial charge on any atom is 0.397 e. The third-order valence-corrected chi connectivity index (χ3v) is 1.62. The summed E-state index contributed by atoms with van der Waals surface area (Å²) in [5, 5.41) is 0. The van der Waals surface area contributed by atoms with E-state index in [1.165, 1.54) is 0 Å². The van der Waals surface area contributed by atoms with E-state index < -0.39 is 10.4 Å². The Bertz CT molecular complexity index is 183. The minimum Gasteiger partial charge on any atom is -0.264 e. The highest BCUT2D eigenvalue weighted by atomic mass is 32.3. The molecule has 1 N–H and O–H groups in total. The van der Waals surface area contributed by atoms with Crippen LogP contribution in [0.4, 0.5) is 0 Å². The van der Waals surface area contributed by atoms with E-state index in [9.17, 15) is 8.42 Å². The predicted octanol–water partition coefficient (Wildman–Crippen LogP) is 1.24. The second-order valence-corrected chi connectivity index (χ2v) is 3.88. The molecule has 0 radical (unpaired) electrons. The fourth-order valence-corrected chi connectivity index (χ4v) is 0.984. The molecule has 0 rings (SSSR count). The van der Waals surface area contributed by atoms with Crippen LogP contribution in [-0.2, 0) is 14.6 Å². The molecule has 0 unspecified atom stereocenters. The summed E-state index contributed by atoms with van der Waals surface area (Å²) in [4.78, 5) is 0. The molecule has 0 aromatic heterocycles. The van der Waals surface area contributed by atoms with Gasteiger partial charge in [-0.05, 0) is 18.8 Å². The summed E-state index contributed by atoms with van der Waals surface area (Å²) in [6, 6.07) is 0. The Kier molecular flexibility index (Phi) is 4.63. The van der Waals surface area contributed by atoms with Crippen molar-refractivity contribution in [2.24, 2.45) is 5.92 Å². The lowest BCUT2D eigenvalue weighted by atomic mass is 10.1. The van der Waals surface area contributed by atoms with Gasteiger partial charge < -0.3 is 0 Å². The van der Waals surface area contributed by atoms with Crippen LogP contribution < -0.4 is 0 Å². The molecule has 0 heterocycles. The van der Waals surface area contributed by atoms with Crippen molar-refractivity contribution in [3.63, 3.8) is 0 Å². The molecule has 0 fully saturated rings. The molecule has 0 atom stereocenters. The molecule has 0 bridgehead atoms. The number of rotatable bonds is 5. The number of hydrogen-bond donors (Lipinski definition) is 1. The molecule has 0 aliphatic heterocycles. The van der Waals surface area contributed by atoms with Crippen LogP contribution in [0.1, 0.15) is 26.7 Å². The van der Waals surface area contributed by atoms with Crippen LogP contribution >= 0.6 is 0 Å². The van der Waals surface area contributed by atoms with E-state index in [1.807, 2.05) is 13.8 Å². The van der Waals surface area contributed by atoms with Gasteiger partial charge in [0.05, 0.1) is 6.61 Å². The molecular weight excluding hydrogens is 168 g/mol. The van der Waals surface area contributed by atoms with Gasteiger partial charge in [-0.25, -0.2) is 4.18 Å². The summed E-state index contributed by atoms with van der Waals surface area (Å²) >= 11 is 0. The smallest absolute Gasteiger partial charge is 0.264 e. The third kappa shape index (κ3) is 9.87. The van der Waals surface area contributed by atoms with Gasteiger partial charge in [0.2, 0.25) is 0 Å². The van der Waals surface area contributed by atoms with Crippen molar-refractivity contribution in [1.82, 2.24) is 0 Å². The predicted molar refractivity (Wildman–Crippen MR) is 41.6 cm³/mol. The standard InChI is InChI=1S/C6H14O4S/c1-6(2)4-3-5-10-11(7,8)9/h6H,3-5H2,1-2H3,(H,7,8,9). The molecule has 0 amide bonds. The van der Waals surface area contributed by atoms with Crippen molar-refractivity contribution in [3.05, 3.63) is 0 Å². The average Bonchev–Trinajstić information content (AvgIpc) is 1.78. The van der Waals surface area contributed by atoms with Gasteiger partial charge in [0.1, 0.15) is 0 Å². The molecule has 0 aliphatic carbocycles. The molecule has 5 heteroatoms. The van der Waals surface area contributed by atoms with Crippen molar-refractivity contribution in [3.8, 4) is 0 Å². The van der Waals surface area contributed by atoms with Crippen LogP contribution in [-0.4, -0.2) is 19.6 Å². The van der Waals surface area contributed by atoms with Gasteiger partial charge >= 0.3 is 10.4 Å². The fraction of sp³-hybridized carbons (Fsp3) is 1.00. The fourth-order valence-electron chi connectivity index (χ4n) is 0.656. The molecule has 0 aromatic carbocycles. The van der Waals surface area contributed by atoms with Crippen LogP contribution in [0.15, 0.2) is 0 Å². The maximum atomic E-state index is 10.0. The van der Waals surface area contributed by atoms with Crippen LogP contribution in [0, 0.1) is 5.92 Å². The molecule has 0 aliphatic rings. The van der Waals surface area contributed by atoms with Crippen molar-refractivity contribution < 1.29 is 17.2 Å². The van der Waals surface area contributed by atoms with Gasteiger partial charge in [-0.3, -0.25) is 4.55 Å². The molecule has 0 saturated heterocycles. The topological polar surface area (TPSA) is 63.6 Å². The lowest BCUT2D eigenvalue weighted by Crippen LogP contribution is -2.05. The average molecular weight is 182 g/mol. The highest BCUT2D eigenvalue weighted by Crippen LogP contribution is 2.03. The van der Waals surface area contributed by atoms with E-state index in [2.05, 4.69) is 4.18 Å². The summed E-state index contributed by atoms with van der Waals surface area (Å²) in [5.41, 5.74) is 0. The van der Waals surface area contributed by atoms with Gasteiger partial charge in [-0.15, -0.1) is 0 Å². The Hall–Kier alpha value is -0.130. The highest BCUT2D eigenvalue weighted by molar-refractivity contribution is 7.80. The maximum absolute atomic E-state index is 10.0. The summed E-state index contributed by atoms with van der Waals surface area (Å²) in [6.45, 7) is 4.14. The quantitative estimate of drug-likeness (QED) is 0.513. The zero-order chi connectivity index (χ0) is 8.91. The summed E-state index contributed by atoms with van der Waals surface area (Å²) < 4.78 is 32.3. The second kappa shape index (κ2) is 4.69. The minimum absolute atomic E-state index is 0.0665. The Morgan fingerprint density at radius 2 is 2.00 bits per heavy atom. The zero-order valence-corrected chi connectivity index (χ0v) is 7.60. The van der Waals surface area contributed by atoms with Crippen LogP contribution in [0.25, 0.3) is 0 Å².